The van der Waals surface area contributed by atoms with E-state index in [1.54, 1.807) is 6.08 Å². The van der Waals surface area contributed by atoms with Gasteiger partial charge >= 0.3 is 11.9 Å². The SMILES string of the molecule is CCCCCCCCCCCC(=O)OC[C@H](CO)OC(=O)CCCCCC[C@H]1C(=O)C[C@@H](O)[C@@H]1/C=C/[C@@H](O)CCCCC. The first kappa shape index (κ1) is 39.3. The van der Waals surface area contributed by atoms with E-state index in [2.05, 4.69) is 13.8 Å². The molecular formula is C35H62O8. The van der Waals surface area contributed by atoms with Gasteiger partial charge in [-0.2, -0.15) is 0 Å². The summed E-state index contributed by atoms with van der Waals surface area (Å²) in [5.41, 5.74) is 0. The molecule has 1 fully saturated rings. The van der Waals surface area contributed by atoms with Crippen molar-refractivity contribution in [2.75, 3.05) is 13.2 Å². The molecule has 0 saturated heterocycles. The summed E-state index contributed by atoms with van der Waals surface area (Å²) < 4.78 is 10.5. The van der Waals surface area contributed by atoms with Crippen molar-refractivity contribution in [2.45, 2.75) is 167 Å². The Labute approximate surface area is 261 Å². The molecule has 1 aliphatic rings. The summed E-state index contributed by atoms with van der Waals surface area (Å²) in [6, 6.07) is 0. The van der Waals surface area contributed by atoms with Gasteiger partial charge < -0.3 is 24.8 Å². The molecule has 250 valence electrons. The van der Waals surface area contributed by atoms with E-state index in [-0.39, 0.29) is 43.0 Å². The molecule has 5 atom stereocenters. The van der Waals surface area contributed by atoms with Crippen LogP contribution < -0.4 is 0 Å². The number of carbonyl (C=O) groups is 3. The molecule has 1 saturated carbocycles. The second-order valence-corrected chi connectivity index (χ2v) is 12.4. The highest BCUT2D eigenvalue weighted by Gasteiger charge is 2.39. The molecule has 0 aromatic rings. The van der Waals surface area contributed by atoms with Crippen molar-refractivity contribution in [3.8, 4) is 0 Å². The molecule has 1 rings (SSSR count). The van der Waals surface area contributed by atoms with Crippen LogP contribution in [0.2, 0.25) is 0 Å². The van der Waals surface area contributed by atoms with E-state index >= 15 is 0 Å². The van der Waals surface area contributed by atoms with E-state index in [4.69, 9.17) is 9.47 Å². The number of ether oxygens (including phenoxy) is 2. The molecule has 0 bridgehead atoms. The van der Waals surface area contributed by atoms with Crippen LogP contribution in [0.4, 0.5) is 0 Å². The summed E-state index contributed by atoms with van der Waals surface area (Å²) in [6.45, 7) is 3.80. The van der Waals surface area contributed by atoms with E-state index in [1.165, 1.54) is 38.5 Å². The van der Waals surface area contributed by atoms with Crippen molar-refractivity contribution in [1.82, 2.24) is 0 Å². The van der Waals surface area contributed by atoms with Crippen molar-refractivity contribution in [1.29, 1.82) is 0 Å². The van der Waals surface area contributed by atoms with Crippen LogP contribution in [0, 0.1) is 11.8 Å². The number of ketones is 1. The zero-order chi connectivity index (χ0) is 31.7. The van der Waals surface area contributed by atoms with Gasteiger partial charge in [0.25, 0.3) is 0 Å². The Morgan fingerprint density at radius 1 is 0.837 bits per heavy atom. The van der Waals surface area contributed by atoms with Crippen molar-refractivity contribution in [2.24, 2.45) is 11.8 Å². The number of Topliss-reactive ketones (excluding diaryl/α,β-unsaturated/α-hetero) is 1. The fourth-order valence-electron chi connectivity index (χ4n) is 5.74. The Hall–Kier alpha value is -1.77. The number of esters is 2. The Bertz CT molecular complexity index is 767. The van der Waals surface area contributed by atoms with E-state index in [0.29, 0.717) is 25.7 Å². The molecule has 3 N–H and O–H groups in total. The third-order valence-corrected chi connectivity index (χ3v) is 8.45. The molecule has 0 radical (unpaired) electrons. The number of hydrogen-bond donors (Lipinski definition) is 3. The van der Waals surface area contributed by atoms with Gasteiger partial charge in [0.15, 0.2) is 6.10 Å². The van der Waals surface area contributed by atoms with Crippen LogP contribution in [0.1, 0.15) is 149 Å². The summed E-state index contributed by atoms with van der Waals surface area (Å²) >= 11 is 0. The number of hydrogen-bond acceptors (Lipinski definition) is 8. The average Bonchev–Trinajstić information content (AvgIpc) is 3.26. The summed E-state index contributed by atoms with van der Waals surface area (Å²) in [5, 5.41) is 30.1. The first-order chi connectivity index (χ1) is 20.8. The number of aliphatic hydroxyl groups is 3. The lowest BCUT2D eigenvalue weighted by Gasteiger charge is -2.18. The van der Waals surface area contributed by atoms with Gasteiger partial charge in [-0.25, -0.2) is 0 Å². The lowest BCUT2D eigenvalue weighted by molar-refractivity contribution is -0.161. The van der Waals surface area contributed by atoms with Gasteiger partial charge in [0.05, 0.1) is 18.8 Å². The smallest absolute Gasteiger partial charge is 0.306 e. The minimum Gasteiger partial charge on any atom is -0.462 e. The maximum atomic E-state index is 12.4. The van der Waals surface area contributed by atoms with E-state index < -0.39 is 30.9 Å². The first-order valence-electron chi connectivity index (χ1n) is 17.3. The van der Waals surface area contributed by atoms with Crippen LogP contribution >= 0.6 is 0 Å². The minimum atomic E-state index is -0.852. The summed E-state index contributed by atoms with van der Waals surface area (Å²) in [7, 11) is 0. The summed E-state index contributed by atoms with van der Waals surface area (Å²) in [6.07, 6.45) is 20.3. The minimum absolute atomic E-state index is 0.0788. The fourth-order valence-corrected chi connectivity index (χ4v) is 5.74. The van der Waals surface area contributed by atoms with Gasteiger partial charge in [-0.05, 0) is 25.7 Å². The number of unbranched alkanes of at least 4 members (excludes halogenated alkanes) is 13. The maximum absolute atomic E-state index is 12.4. The third-order valence-electron chi connectivity index (χ3n) is 8.45. The highest BCUT2D eigenvalue weighted by molar-refractivity contribution is 5.84. The fraction of sp³-hybridized carbons (Fsp3) is 0.857. The lowest BCUT2D eigenvalue weighted by Crippen LogP contribution is -2.28. The molecule has 0 aliphatic heterocycles. The van der Waals surface area contributed by atoms with E-state index in [0.717, 1.165) is 57.8 Å². The number of rotatable bonds is 27. The van der Waals surface area contributed by atoms with E-state index in [1.807, 2.05) is 6.08 Å². The molecule has 8 nitrogen and oxygen atoms in total. The molecule has 1 aliphatic carbocycles. The van der Waals surface area contributed by atoms with Gasteiger partial charge in [0.2, 0.25) is 0 Å². The maximum Gasteiger partial charge on any atom is 0.306 e. The van der Waals surface area contributed by atoms with Gasteiger partial charge in [-0.3, -0.25) is 14.4 Å². The van der Waals surface area contributed by atoms with Crippen molar-refractivity contribution >= 4 is 17.7 Å². The van der Waals surface area contributed by atoms with Crippen LogP contribution in [0.25, 0.3) is 0 Å². The molecule has 0 aromatic carbocycles. The quantitative estimate of drug-likeness (QED) is 0.0528. The second-order valence-electron chi connectivity index (χ2n) is 12.4. The zero-order valence-corrected chi connectivity index (χ0v) is 27.2. The monoisotopic (exact) mass is 610 g/mol. The first-order valence-corrected chi connectivity index (χ1v) is 17.3. The summed E-state index contributed by atoms with van der Waals surface area (Å²) in [4.78, 5) is 36.7. The Morgan fingerprint density at radius 3 is 2.02 bits per heavy atom. The highest BCUT2D eigenvalue weighted by atomic mass is 16.6. The van der Waals surface area contributed by atoms with Crippen molar-refractivity contribution in [3.63, 3.8) is 0 Å². The second kappa shape index (κ2) is 25.5. The van der Waals surface area contributed by atoms with Gasteiger partial charge in [-0.15, -0.1) is 0 Å². The molecule has 0 aromatic heterocycles. The molecule has 0 unspecified atom stereocenters. The van der Waals surface area contributed by atoms with Crippen LogP contribution in [-0.2, 0) is 23.9 Å². The Kier molecular flexibility index (Phi) is 23.3. The number of carbonyl (C=O) groups excluding carboxylic acids is 3. The third kappa shape index (κ3) is 19.3. The molecule has 8 heteroatoms. The predicted molar refractivity (Wildman–Crippen MR) is 169 cm³/mol. The molecule has 0 spiro atoms. The molecule has 0 amide bonds. The van der Waals surface area contributed by atoms with Crippen LogP contribution in [0.15, 0.2) is 12.2 Å². The predicted octanol–water partition coefficient (Wildman–Crippen LogP) is 6.76. The molecular weight excluding hydrogens is 548 g/mol. The largest absolute Gasteiger partial charge is 0.462 e. The lowest BCUT2D eigenvalue weighted by atomic mass is 9.88. The topological polar surface area (TPSA) is 130 Å². The van der Waals surface area contributed by atoms with Gasteiger partial charge in [-0.1, -0.05) is 116 Å². The number of aliphatic hydroxyl groups excluding tert-OH is 3. The van der Waals surface area contributed by atoms with Crippen LogP contribution in [-0.4, -0.2) is 64.6 Å². The Morgan fingerprint density at radius 2 is 1.40 bits per heavy atom. The standard InChI is InChI=1S/C35H62O8/c1-3-5-7-8-9-10-11-12-17-21-34(40)42-27-29(26-36)43-35(41)22-18-14-13-16-20-30-31(33(39)25-32(30)38)24-23-28(37)19-15-6-4-2/h23-24,28-31,33,36-37,39H,3-22,25-27H2,1-2H3/b24-23+/t28-,29-,30+,31+,33+/m0/s1. The highest BCUT2D eigenvalue weighted by Crippen LogP contribution is 2.34. The normalized spacial score (nSPS) is 20.0. The molecule has 43 heavy (non-hydrogen) atoms. The summed E-state index contributed by atoms with van der Waals surface area (Å²) in [5.74, 6) is -1.15. The van der Waals surface area contributed by atoms with Crippen molar-refractivity contribution < 1.29 is 39.2 Å². The van der Waals surface area contributed by atoms with Crippen molar-refractivity contribution in [3.05, 3.63) is 12.2 Å². The Balaban J connectivity index is 2.17. The van der Waals surface area contributed by atoms with Crippen LogP contribution in [0.3, 0.4) is 0 Å². The average molecular weight is 611 g/mol. The van der Waals surface area contributed by atoms with E-state index in [9.17, 15) is 29.7 Å². The van der Waals surface area contributed by atoms with Crippen LogP contribution in [0.5, 0.6) is 0 Å². The zero-order valence-electron chi connectivity index (χ0n) is 27.2. The van der Waals surface area contributed by atoms with Gasteiger partial charge in [0, 0.05) is 31.1 Å². The van der Waals surface area contributed by atoms with Gasteiger partial charge in [0.1, 0.15) is 12.4 Å². The molecule has 0 heterocycles.